The number of hydrogen-bond donors (Lipinski definition) is 1. The molecule has 0 unspecified atom stereocenters. The number of rotatable bonds is 2. The second-order valence-electron chi connectivity index (χ2n) is 2.58. The van der Waals surface area contributed by atoms with Crippen molar-refractivity contribution >= 4 is 21.7 Å². The Morgan fingerprint density at radius 2 is 1.94 bits per heavy atom. The molecule has 3 nitrogen and oxygen atoms in total. The van der Waals surface area contributed by atoms with Crippen LogP contribution < -0.4 is 10.5 Å². The molecule has 0 atom stereocenters. The third-order valence-electron chi connectivity index (χ3n) is 1.49. The van der Waals surface area contributed by atoms with Crippen molar-refractivity contribution in [3.05, 3.63) is 16.2 Å². The van der Waals surface area contributed by atoms with E-state index in [1.165, 1.54) is 0 Å². The predicted octanol–water partition coefficient (Wildman–Crippen LogP) is 3.26. The zero-order valence-corrected chi connectivity index (χ0v) is 8.94. The van der Waals surface area contributed by atoms with Crippen molar-refractivity contribution < 1.29 is 26.7 Å². The zero-order valence-electron chi connectivity index (χ0n) is 7.36. The van der Waals surface area contributed by atoms with Gasteiger partial charge in [0.05, 0.1) is 5.56 Å². The van der Waals surface area contributed by atoms with Gasteiger partial charge in [-0.2, -0.15) is 0 Å². The fraction of sp³-hybridized carbons (Fsp3) is 0.286. The number of halogens is 6. The monoisotopic (exact) mass is 306 g/mol. The van der Waals surface area contributed by atoms with Gasteiger partial charge in [-0.3, -0.25) is 0 Å². The van der Waals surface area contributed by atoms with E-state index in [1.807, 2.05) is 0 Å². The number of aromatic nitrogens is 1. The highest BCUT2D eigenvalue weighted by atomic mass is 79.9. The van der Waals surface area contributed by atoms with Crippen molar-refractivity contribution in [1.82, 2.24) is 4.98 Å². The Kier molecular flexibility index (Phi) is 3.56. The molecular formula is C7H4BrF5N2O. The Bertz CT molecular complexity index is 395. The van der Waals surface area contributed by atoms with Gasteiger partial charge in [-0.1, -0.05) is 0 Å². The van der Waals surface area contributed by atoms with Gasteiger partial charge in [0.25, 0.3) is 6.43 Å². The largest absolute Gasteiger partial charge is 0.573 e. The Morgan fingerprint density at radius 3 is 2.38 bits per heavy atom. The van der Waals surface area contributed by atoms with E-state index in [0.29, 0.717) is 0 Å². The highest BCUT2D eigenvalue weighted by molar-refractivity contribution is 9.10. The van der Waals surface area contributed by atoms with E-state index < -0.39 is 29.9 Å². The highest BCUT2D eigenvalue weighted by Gasteiger charge is 2.35. The SMILES string of the molecule is Nc1ncc(Br)c(C(F)F)c1OC(F)(F)F. The number of pyridine rings is 1. The number of nitrogen functional groups attached to an aromatic ring is 1. The lowest BCUT2D eigenvalue weighted by Gasteiger charge is -2.15. The molecule has 0 aromatic carbocycles. The summed E-state index contributed by atoms with van der Waals surface area (Å²) in [6.07, 6.45) is -7.41. The topological polar surface area (TPSA) is 48.1 Å². The van der Waals surface area contributed by atoms with Crippen LogP contribution in [-0.4, -0.2) is 11.3 Å². The van der Waals surface area contributed by atoms with Crippen molar-refractivity contribution in [3.63, 3.8) is 0 Å². The third kappa shape index (κ3) is 2.94. The maximum atomic E-state index is 12.5. The molecule has 0 saturated carbocycles. The smallest absolute Gasteiger partial charge is 0.401 e. The second-order valence-corrected chi connectivity index (χ2v) is 3.44. The van der Waals surface area contributed by atoms with Crippen molar-refractivity contribution in [2.75, 3.05) is 5.73 Å². The second kappa shape index (κ2) is 4.40. The minimum Gasteiger partial charge on any atom is -0.401 e. The third-order valence-corrected chi connectivity index (χ3v) is 2.12. The highest BCUT2D eigenvalue weighted by Crippen LogP contribution is 2.40. The van der Waals surface area contributed by atoms with E-state index in [1.54, 1.807) is 0 Å². The number of nitrogens with zero attached hydrogens (tertiary/aromatic N) is 1. The summed E-state index contributed by atoms with van der Waals surface area (Å²) in [7, 11) is 0. The van der Waals surface area contributed by atoms with Gasteiger partial charge < -0.3 is 10.5 Å². The first-order chi connectivity index (χ1) is 7.22. The van der Waals surface area contributed by atoms with Gasteiger partial charge in [0, 0.05) is 10.7 Å². The molecule has 2 N–H and O–H groups in total. The van der Waals surface area contributed by atoms with Gasteiger partial charge >= 0.3 is 6.36 Å². The van der Waals surface area contributed by atoms with Crippen LogP contribution in [0.1, 0.15) is 12.0 Å². The summed E-state index contributed by atoms with van der Waals surface area (Å²) in [5.74, 6) is -1.94. The van der Waals surface area contributed by atoms with Gasteiger partial charge in [-0.15, -0.1) is 13.2 Å². The molecule has 1 rings (SSSR count). The van der Waals surface area contributed by atoms with Gasteiger partial charge in [0.2, 0.25) is 0 Å². The fourth-order valence-electron chi connectivity index (χ4n) is 0.927. The lowest BCUT2D eigenvalue weighted by Crippen LogP contribution is -2.19. The predicted molar refractivity (Wildman–Crippen MR) is 48.0 cm³/mol. The van der Waals surface area contributed by atoms with Crippen molar-refractivity contribution in [2.24, 2.45) is 0 Å². The van der Waals surface area contributed by atoms with Crippen molar-refractivity contribution in [2.45, 2.75) is 12.8 Å². The molecule has 9 heteroatoms. The number of ether oxygens (including phenoxy) is 1. The van der Waals surface area contributed by atoms with Gasteiger partial charge in [0.1, 0.15) is 0 Å². The van der Waals surface area contributed by atoms with Crippen LogP contribution in [0.4, 0.5) is 27.8 Å². The molecule has 16 heavy (non-hydrogen) atoms. The van der Waals surface area contributed by atoms with Crippen LogP contribution in [0.5, 0.6) is 5.75 Å². The van der Waals surface area contributed by atoms with E-state index in [0.717, 1.165) is 6.20 Å². The van der Waals surface area contributed by atoms with Crippen LogP contribution >= 0.6 is 15.9 Å². The lowest BCUT2D eigenvalue weighted by atomic mass is 10.2. The van der Waals surface area contributed by atoms with E-state index in [9.17, 15) is 22.0 Å². The summed E-state index contributed by atoms with van der Waals surface area (Å²) in [4.78, 5) is 3.28. The number of anilines is 1. The maximum absolute atomic E-state index is 12.5. The summed E-state index contributed by atoms with van der Waals surface area (Å²) < 4.78 is 63.9. The Morgan fingerprint density at radius 1 is 1.38 bits per heavy atom. The molecule has 0 radical (unpaired) electrons. The van der Waals surface area contributed by atoms with Gasteiger partial charge in [0.15, 0.2) is 11.6 Å². The Balaban J connectivity index is 3.29. The molecule has 0 bridgehead atoms. The minimum atomic E-state index is -5.11. The standard InChI is InChI=1S/C7H4BrF5N2O/c8-2-1-15-6(14)4(3(2)5(9)10)16-7(11,12)13/h1,5H,(H2,14,15). The summed E-state index contributed by atoms with van der Waals surface area (Å²) in [6, 6.07) is 0. The van der Waals surface area contributed by atoms with Crippen LogP contribution in [0.15, 0.2) is 10.7 Å². The van der Waals surface area contributed by atoms with E-state index in [2.05, 4.69) is 25.7 Å². The first-order valence-electron chi connectivity index (χ1n) is 3.70. The summed E-state index contributed by atoms with van der Waals surface area (Å²) in [5.41, 5.74) is 4.06. The quantitative estimate of drug-likeness (QED) is 0.853. The number of nitrogens with two attached hydrogens (primary N) is 1. The van der Waals surface area contributed by atoms with Crippen molar-refractivity contribution in [3.8, 4) is 5.75 Å². The molecule has 1 heterocycles. The Labute approximate surface area is 94.5 Å². The summed E-state index contributed by atoms with van der Waals surface area (Å²) in [5, 5.41) is 0. The first kappa shape index (κ1) is 12.9. The molecule has 1 aromatic heterocycles. The van der Waals surface area contributed by atoms with Crippen LogP contribution in [0.3, 0.4) is 0 Å². The lowest BCUT2D eigenvalue weighted by molar-refractivity contribution is -0.275. The van der Waals surface area contributed by atoms with Gasteiger partial charge in [-0.25, -0.2) is 13.8 Å². The first-order valence-corrected chi connectivity index (χ1v) is 4.49. The summed E-state index contributed by atoms with van der Waals surface area (Å²) in [6.45, 7) is 0. The molecule has 0 spiro atoms. The average Bonchev–Trinajstić information content (AvgIpc) is 2.08. The molecule has 0 saturated heterocycles. The molecule has 0 aliphatic heterocycles. The maximum Gasteiger partial charge on any atom is 0.573 e. The number of alkyl halides is 5. The molecule has 1 aromatic rings. The van der Waals surface area contributed by atoms with Crippen LogP contribution in [0.25, 0.3) is 0 Å². The normalized spacial score (nSPS) is 11.9. The molecule has 0 aliphatic rings. The van der Waals surface area contributed by atoms with Crippen LogP contribution in [0, 0.1) is 0 Å². The van der Waals surface area contributed by atoms with E-state index in [-0.39, 0.29) is 4.47 Å². The van der Waals surface area contributed by atoms with Crippen LogP contribution in [0.2, 0.25) is 0 Å². The fourth-order valence-corrected chi connectivity index (χ4v) is 1.38. The molecule has 90 valence electrons. The van der Waals surface area contributed by atoms with Crippen molar-refractivity contribution in [1.29, 1.82) is 0 Å². The minimum absolute atomic E-state index is 0.309. The van der Waals surface area contributed by atoms with E-state index >= 15 is 0 Å². The molecule has 0 aliphatic carbocycles. The molecule has 0 amide bonds. The molecular weight excluding hydrogens is 303 g/mol. The number of hydrogen-bond acceptors (Lipinski definition) is 3. The zero-order chi connectivity index (χ0) is 12.5. The Hall–Kier alpha value is -1.12. The average molecular weight is 307 g/mol. The van der Waals surface area contributed by atoms with E-state index in [4.69, 9.17) is 5.73 Å². The van der Waals surface area contributed by atoms with Crippen LogP contribution in [-0.2, 0) is 0 Å². The molecule has 0 fully saturated rings. The summed E-state index contributed by atoms with van der Waals surface area (Å²) >= 11 is 2.64. The van der Waals surface area contributed by atoms with Gasteiger partial charge in [-0.05, 0) is 15.9 Å².